The van der Waals surface area contributed by atoms with Crippen molar-refractivity contribution in [2.24, 2.45) is 10.9 Å². The van der Waals surface area contributed by atoms with Crippen LogP contribution in [0.3, 0.4) is 0 Å². The van der Waals surface area contributed by atoms with Crippen LogP contribution < -0.4 is 10.1 Å². The summed E-state index contributed by atoms with van der Waals surface area (Å²) in [6.45, 7) is 5.29. The monoisotopic (exact) mass is 466 g/mol. The van der Waals surface area contributed by atoms with E-state index in [2.05, 4.69) is 27.4 Å². The largest absolute Gasteiger partial charge is 0.484 e. The van der Waals surface area contributed by atoms with E-state index in [0.717, 1.165) is 23.6 Å². The van der Waals surface area contributed by atoms with Gasteiger partial charge in [0.1, 0.15) is 29.6 Å². The molecule has 182 valence electrons. The van der Waals surface area contributed by atoms with Gasteiger partial charge in [-0.1, -0.05) is 23.8 Å². The van der Waals surface area contributed by atoms with Gasteiger partial charge in [-0.2, -0.15) is 0 Å². The van der Waals surface area contributed by atoms with Crippen LogP contribution in [0.4, 0.5) is 0 Å². The lowest BCUT2D eigenvalue weighted by atomic mass is 9.94. The number of amides is 2. The number of hydrogen-bond donors (Lipinski definition) is 1. The molecular formula is C26H34N4O4. The van der Waals surface area contributed by atoms with E-state index in [-0.39, 0.29) is 19.2 Å². The van der Waals surface area contributed by atoms with Gasteiger partial charge in [0, 0.05) is 28.0 Å². The van der Waals surface area contributed by atoms with E-state index >= 15 is 0 Å². The summed E-state index contributed by atoms with van der Waals surface area (Å²) in [5.74, 6) is 2.07. The van der Waals surface area contributed by atoms with Gasteiger partial charge in [0.15, 0.2) is 0 Å². The predicted molar refractivity (Wildman–Crippen MR) is 133 cm³/mol. The van der Waals surface area contributed by atoms with Crippen LogP contribution in [0.15, 0.2) is 69.9 Å². The Bertz CT molecular complexity index is 1050. The van der Waals surface area contributed by atoms with Crippen molar-refractivity contribution in [2.75, 3.05) is 20.1 Å². The summed E-state index contributed by atoms with van der Waals surface area (Å²) in [6.07, 6.45) is 11.3. The van der Waals surface area contributed by atoms with Gasteiger partial charge in [-0.25, -0.2) is 4.98 Å². The molecule has 1 unspecified atom stereocenters. The highest BCUT2D eigenvalue weighted by Gasteiger charge is 2.15. The third kappa shape index (κ3) is 7.43. The van der Waals surface area contributed by atoms with Crippen molar-refractivity contribution in [3.05, 3.63) is 72.0 Å². The summed E-state index contributed by atoms with van der Waals surface area (Å²) in [4.78, 5) is 34.8. The van der Waals surface area contributed by atoms with Crippen molar-refractivity contribution >= 4 is 17.6 Å². The average Bonchev–Trinajstić information content (AvgIpc) is 3.39. The van der Waals surface area contributed by atoms with Crippen LogP contribution in [0.2, 0.25) is 0 Å². The van der Waals surface area contributed by atoms with Crippen LogP contribution in [-0.2, 0) is 11.4 Å². The standard InChI is InChI=1S/C26H32N4O4.H2/c1-4-27-19(2)30(3)25(31)14-11-20-7-9-21(10-8-20)16-29-26(32)24-13-12-22(17-28-24)34-18-23-6-5-15-33-23;/h5-9,12-13,15,17,21H,4,10-11,14,16,18H2,1-3H3,(H,29,32);1H. The lowest BCUT2D eigenvalue weighted by Crippen LogP contribution is -2.31. The smallest absolute Gasteiger partial charge is 0.269 e. The first-order valence-corrected chi connectivity index (χ1v) is 11.5. The molecular weight excluding hydrogens is 432 g/mol. The van der Waals surface area contributed by atoms with E-state index in [1.807, 2.05) is 26.0 Å². The lowest BCUT2D eigenvalue weighted by molar-refractivity contribution is -0.126. The molecule has 2 amide bonds. The molecule has 0 saturated heterocycles. The second kappa shape index (κ2) is 12.5. The average molecular weight is 467 g/mol. The van der Waals surface area contributed by atoms with Gasteiger partial charge in [0.05, 0.1) is 12.5 Å². The summed E-state index contributed by atoms with van der Waals surface area (Å²) in [6, 6.07) is 6.99. The highest BCUT2D eigenvalue weighted by Crippen LogP contribution is 2.20. The highest BCUT2D eigenvalue weighted by atomic mass is 16.5. The zero-order chi connectivity index (χ0) is 24.3. The molecule has 1 aliphatic carbocycles. The molecule has 8 heteroatoms. The van der Waals surface area contributed by atoms with E-state index in [1.165, 1.54) is 6.20 Å². The number of pyridine rings is 1. The summed E-state index contributed by atoms with van der Waals surface area (Å²) < 4.78 is 10.8. The van der Waals surface area contributed by atoms with Gasteiger partial charge in [0.25, 0.3) is 5.91 Å². The van der Waals surface area contributed by atoms with Crippen molar-refractivity contribution in [1.82, 2.24) is 15.2 Å². The molecule has 2 aromatic rings. The summed E-state index contributed by atoms with van der Waals surface area (Å²) >= 11 is 0. The molecule has 0 aromatic carbocycles. The molecule has 0 bridgehead atoms. The Morgan fingerprint density at radius 3 is 2.85 bits per heavy atom. The fourth-order valence-corrected chi connectivity index (χ4v) is 3.44. The first-order chi connectivity index (χ1) is 16.5. The number of allylic oxidation sites excluding steroid dienone is 3. The zero-order valence-electron chi connectivity index (χ0n) is 20.0. The van der Waals surface area contributed by atoms with E-state index in [9.17, 15) is 9.59 Å². The first-order valence-electron chi connectivity index (χ1n) is 11.5. The molecule has 34 heavy (non-hydrogen) atoms. The Labute approximate surface area is 201 Å². The third-order valence-electron chi connectivity index (χ3n) is 5.59. The lowest BCUT2D eigenvalue weighted by Gasteiger charge is -2.19. The third-order valence-corrected chi connectivity index (χ3v) is 5.59. The van der Waals surface area contributed by atoms with Gasteiger partial charge >= 0.3 is 0 Å². The fraction of sp³-hybridized carbons (Fsp3) is 0.385. The van der Waals surface area contributed by atoms with Crippen molar-refractivity contribution < 1.29 is 20.2 Å². The van der Waals surface area contributed by atoms with Crippen LogP contribution in [-0.4, -0.2) is 47.7 Å². The quantitative estimate of drug-likeness (QED) is 0.413. The predicted octanol–water partition coefficient (Wildman–Crippen LogP) is 4.41. The molecule has 0 radical (unpaired) electrons. The van der Waals surface area contributed by atoms with E-state index in [1.54, 1.807) is 36.4 Å². The normalized spacial score (nSPS) is 15.6. The van der Waals surface area contributed by atoms with E-state index in [4.69, 9.17) is 9.15 Å². The SMILES string of the molecule is CCN=C(C)N(C)C(=O)CCC1=CCC(CNC(=O)c2ccc(OCc3ccco3)cn2)C=C1.[HH]. The molecule has 1 N–H and O–H groups in total. The Hall–Kier alpha value is -3.68. The van der Waals surface area contributed by atoms with Crippen LogP contribution >= 0.6 is 0 Å². The summed E-state index contributed by atoms with van der Waals surface area (Å²) in [7, 11) is 1.76. The van der Waals surface area contributed by atoms with Crippen LogP contribution in [0.5, 0.6) is 5.75 Å². The molecule has 0 spiro atoms. The molecule has 1 atom stereocenters. The topological polar surface area (TPSA) is 97.0 Å². The highest BCUT2D eigenvalue weighted by molar-refractivity contribution is 5.96. The first kappa shape index (κ1) is 25.0. The number of carbonyl (C=O) groups excluding carboxylic acids is 2. The molecule has 2 aromatic heterocycles. The minimum Gasteiger partial charge on any atom is -0.484 e. The second-order valence-electron chi connectivity index (χ2n) is 8.07. The number of nitrogens with one attached hydrogen (secondary N) is 1. The second-order valence-corrected chi connectivity index (χ2v) is 8.07. The Morgan fingerprint density at radius 1 is 1.35 bits per heavy atom. The summed E-state index contributed by atoms with van der Waals surface area (Å²) in [5, 5.41) is 2.94. The molecule has 3 rings (SSSR count). The van der Waals surface area contributed by atoms with Crippen LogP contribution in [0, 0.1) is 5.92 Å². The zero-order valence-corrected chi connectivity index (χ0v) is 20.0. The van der Waals surface area contributed by atoms with Crippen molar-refractivity contribution in [3.63, 3.8) is 0 Å². The molecule has 8 nitrogen and oxygen atoms in total. The molecule has 1 aliphatic rings. The molecule has 0 saturated carbocycles. The van der Waals surface area contributed by atoms with Crippen molar-refractivity contribution in [1.29, 1.82) is 0 Å². The van der Waals surface area contributed by atoms with Gasteiger partial charge in [-0.05, 0) is 56.9 Å². The number of rotatable bonds is 10. The number of aliphatic imine (C=N–C) groups is 1. The van der Waals surface area contributed by atoms with Gasteiger partial charge in [-0.3, -0.25) is 14.6 Å². The van der Waals surface area contributed by atoms with E-state index < -0.39 is 0 Å². The Kier molecular flexibility index (Phi) is 9.20. The number of aromatic nitrogens is 1. The Balaban J connectivity index is 0.00000432. The maximum absolute atomic E-state index is 12.4. The van der Waals surface area contributed by atoms with Gasteiger partial charge in [0.2, 0.25) is 5.91 Å². The fourth-order valence-electron chi connectivity index (χ4n) is 3.44. The molecule has 2 heterocycles. The number of ether oxygens (including phenoxy) is 1. The van der Waals surface area contributed by atoms with Crippen molar-refractivity contribution in [3.8, 4) is 5.75 Å². The van der Waals surface area contributed by atoms with E-state index in [0.29, 0.717) is 44.0 Å². The number of amidine groups is 1. The number of carbonyl (C=O) groups is 2. The minimum absolute atomic E-state index is 0. The van der Waals surface area contributed by atoms with Crippen molar-refractivity contribution in [2.45, 2.75) is 39.7 Å². The molecule has 0 aliphatic heterocycles. The van der Waals surface area contributed by atoms with Crippen LogP contribution in [0.25, 0.3) is 0 Å². The number of hydrogen-bond acceptors (Lipinski definition) is 6. The number of furan rings is 1. The van der Waals surface area contributed by atoms with Crippen LogP contribution in [0.1, 0.15) is 50.8 Å². The Morgan fingerprint density at radius 2 is 2.21 bits per heavy atom. The number of nitrogens with zero attached hydrogens (tertiary/aromatic N) is 3. The summed E-state index contributed by atoms with van der Waals surface area (Å²) in [5.41, 5.74) is 1.48. The van der Waals surface area contributed by atoms with Gasteiger partial charge < -0.3 is 19.4 Å². The molecule has 0 fully saturated rings. The maximum Gasteiger partial charge on any atom is 0.269 e. The van der Waals surface area contributed by atoms with Gasteiger partial charge in [-0.15, -0.1) is 0 Å². The maximum atomic E-state index is 12.4. The minimum atomic E-state index is -0.224.